The van der Waals surface area contributed by atoms with Crippen LogP contribution in [-0.4, -0.2) is 51.9 Å². The van der Waals surface area contributed by atoms with Crippen LogP contribution in [0.15, 0.2) is 24.3 Å². The Morgan fingerprint density at radius 1 is 1.27 bits per heavy atom. The molecule has 0 aromatic heterocycles. The fourth-order valence-corrected chi connectivity index (χ4v) is 2.59. The smallest absolute Gasteiger partial charge is 0.326 e. The van der Waals surface area contributed by atoms with Crippen molar-refractivity contribution in [3.63, 3.8) is 0 Å². The highest BCUT2D eigenvalue weighted by Crippen LogP contribution is 2.13. The summed E-state index contributed by atoms with van der Waals surface area (Å²) in [6.45, 7) is 1.62. The van der Waals surface area contributed by atoms with Gasteiger partial charge in [0.05, 0.1) is 4.92 Å². The van der Waals surface area contributed by atoms with Gasteiger partial charge in [0.25, 0.3) is 11.6 Å². The molecule has 0 saturated carbocycles. The van der Waals surface area contributed by atoms with Gasteiger partial charge < -0.3 is 15.7 Å². The van der Waals surface area contributed by atoms with E-state index in [4.69, 9.17) is 5.11 Å². The Labute approximate surface area is 154 Å². The van der Waals surface area contributed by atoms with Crippen molar-refractivity contribution in [2.45, 2.75) is 31.8 Å². The van der Waals surface area contributed by atoms with Gasteiger partial charge in [0.1, 0.15) is 12.1 Å². The van der Waals surface area contributed by atoms with Crippen molar-refractivity contribution in [2.75, 3.05) is 12.0 Å². The van der Waals surface area contributed by atoms with Crippen LogP contribution in [0, 0.1) is 10.1 Å². The molecule has 0 saturated heterocycles. The Morgan fingerprint density at radius 3 is 2.50 bits per heavy atom. The Hall–Kier alpha value is -2.62. The Morgan fingerprint density at radius 2 is 1.96 bits per heavy atom. The normalized spacial score (nSPS) is 12.7. The first-order valence-corrected chi connectivity index (χ1v) is 9.27. The average molecular weight is 383 g/mol. The average Bonchev–Trinajstić information content (AvgIpc) is 2.62. The largest absolute Gasteiger partial charge is 0.480 e. The first kappa shape index (κ1) is 21.4. The third-order valence-electron chi connectivity index (χ3n) is 3.57. The third kappa shape index (κ3) is 6.36. The topological polar surface area (TPSA) is 139 Å². The molecule has 9 nitrogen and oxygen atoms in total. The first-order valence-electron chi connectivity index (χ1n) is 7.87. The number of rotatable bonds is 10. The number of hydrogen-bond donors (Lipinski definition) is 3. The molecule has 2 amide bonds. The van der Waals surface area contributed by atoms with E-state index in [1.807, 2.05) is 6.26 Å². The standard InChI is InChI=1S/C16H21N3O6S/c1-3-12(16(22)23)17-15(21)13(7-8-26-2)18-14(20)10-5-4-6-11(9-10)19(24)25/h4-6,9,12-13H,3,7-8H2,1-2H3,(H,17,21)(H,18,20)(H,22,23). The van der Waals surface area contributed by atoms with Gasteiger partial charge in [-0.3, -0.25) is 19.7 Å². The maximum atomic E-state index is 12.4. The number of nitrogens with zero attached hydrogens (tertiary/aromatic N) is 1. The number of nitro benzene ring substituents is 1. The summed E-state index contributed by atoms with van der Waals surface area (Å²) in [5.41, 5.74) is -0.189. The predicted molar refractivity (Wildman–Crippen MR) is 97.2 cm³/mol. The van der Waals surface area contributed by atoms with E-state index in [9.17, 15) is 24.5 Å². The van der Waals surface area contributed by atoms with Gasteiger partial charge in [-0.05, 0) is 30.9 Å². The Bertz CT molecular complexity index is 682. The Balaban J connectivity index is 2.90. The number of amides is 2. The van der Waals surface area contributed by atoms with Gasteiger partial charge in [-0.15, -0.1) is 0 Å². The van der Waals surface area contributed by atoms with Crippen LogP contribution >= 0.6 is 11.8 Å². The molecule has 10 heteroatoms. The number of carbonyl (C=O) groups is 3. The lowest BCUT2D eigenvalue weighted by molar-refractivity contribution is -0.384. The maximum Gasteiger partial charge on any atom is 0.326 e. The molecule has 0 bridgehead atoms. The number of benzene rings is 1. The highest BCUT2D eigenvalue weighted by molar-refractivity contribution is 7.98. The van der Waals surface area contributed by atoms with Gasteiger partial charge >= 0.3 is 5.97 Å². The van der Waals surface area contributed by atoms with Crippen LogP contribution in [0.25, 0.3) is 0 Å². The highest BCUT2D eigenvalue weighted by Gasteiger charge is 2.26. The van der Waals surface area contributed by atoms with E-state index >= 15 is 0 Å². The van der Waals surface area contributed by atoms with Crippen molar-refractivity contribution in [2.24, 2.45) is 0 Å². The fourth-order valence-electron chi connectivity index (χ4n) is 2.12. The summed E-state index contributed by atoms with van der Waals surface area (Å²) in [5, 5.41) is 24.8. The van der Waals surface area contributed by atoms with Crippen molar-refractivity contribution in [3.05, 3.63) is 39.9 Å². The van der Waals surface area contributed by atoms with Gasteiger partial charge in [-0.1, -0.05) is 13.0 Å². The molecule has 2 unspecified atom stereocenters. The lowest BCUT2D eigenvalue weighted by atomic mass is 10.1. The number of non-ortho nitro benzene ring substituents is 1. The number of aliphatic carboxylic acids is 1. The van der Waals surface area contributed by atoms with Gasteiger partial charge in [-0.25, -0.2) is 4.79 Å². The summed E-state index contributed by atoms with van der Waals surface area (Å²) >= 11 is 1.47. The van der Waals surface area contributed by atoms with Crippen molar-refractivity contribution in [3.8, 4) is 0 Å². The fraction of sp³-hybridized carbons (Fsp3) is 0.438. The lowest BCUT2D eigenvalue weighted by Crippen LogP contribution is -2.51. The maximum absolute atomic E-state index is 12.4. The van der Waals surface area contributed by atoms with E-state index < -0.39 is 34.8 Å². The lowest BCUT2D eigenvalue weighted by Gasteiger charge is -2.20. The number of nitro groups is 1. The second-order valence-electron chi connectivity index (χ2n) is 5.42. The summed E-state index contributed by atoms with van der Waals surface area (Å²) in [6.07, 6.45) is 2.34. The molecular weight excluding hydrogens is 362 g/mol. The molecule has 0 aliphatic heterocycles. The van der Waals surface area contributed by atoms with Crippen molar-refractivity contribution in [1.29, 1.82) is 0 Å². The number of nitrogens with one attached hydrogen (secondary N) is 2. The van der Waals surface area contributed by atoms with Crippen LogP contribution < -0.4 is 10.6 Å². The quantitative estimate of drug-likeness (QED) is 0.410. The van der Waals surface area contributed by atoms with Crippen LogP contribution in [-0.2, 0) is 9.59 Å². The van der Waals surface area contributed by atoms with E-state index in [0.29, 0.717) is 12.2 Å². The molecule has 1 rings (SSSR count). The van der Waals surface area contributed by atoms with Gasteiger partial charge in [0.15, 0.2) is 0 Å². The second-order valence-corrected chi connectivity index (χ2v) is 6.41. The minimum Gasteiger partial charge on any atom is -0.480 e. The van der Waals surface area contributed by atoms with E-state index in [0.717, 1.165) is 6.07 Å². The summed E-state index contributed by atoms with van der Waals surface area (Å²) in [5.74, 6) is -1.84. The zero-order chi connectivity index (χ0) is 19.7. The summed E-state index contributed by atoms with van der Waals surface area (Å²) in [7, 11) is 0. The minimum absolute atomic E-state index is 0.0476. The van der Waals surface area contributed by atoms with Crippen LogP contribution in [0.1, 0.15) is 30.1 Å². The second kappa shape index (κ2) is 10.4. The zero-order valence-electron chi connectivity index (χ0n) is 14.4. The molecule has 0 fully saturated rings. The van der Waals surface area contributed by atoms with Crippen molar-refractivity contribution < 1.29 is 24.4 Å². The summed E-state index contributed by atoms with van der Waals surface area (Å²) in [4.78, 5) is 46.0. The third-order valence-corrected chi connectivity index (χ3v) is 4.22. The molecule has 1 aromatic rings. The van der Waals surface area contributed by atoms with Gasteiger partial charge in [0, 0.05) is 17.7 Å². The minimum atomic E-state index is -1.16. The Kier molecular flexibility index (Phi) is 8.56. The number of hydrogen-bond acceptors (Lipinski definition) is 6. The van der Waals surface area contributed by atoms with Crippen molar-refractivity contribution >= 4 is 35.2 Å². The molecule has 0 radical (unpaired) electrons. The molecule has 1 aromatic carbocycles. The van der Waals surface area contributed by atoms with Crippen LogP contribution in [0.5, 0.6) is 0 Å². The predicted octanol–water partition coefficient (Wildman–Crippen LogP) is 1.43. The van der Waals surface area contributed by atoms with Gasteiger partial charge in [0.2, 0.25) is 5.91 Å². The molecule has 3 N–H and O–H groups in total. The van der Waals surface area contributed by atoms with E-state index in [1.165, 1.54) is 30.0 Å². The molecular formula is C16H21N3O6S. The van der Waals surface area contributed by atoms with Crippen molar-refractivity contribution in [1.82, 2.24) is 10.6 Å². The van der Waals surface area contributed by atoms with E-state index in [-0.39, 0.29) is 17.7 Å². The SMILES string of the molecule is CCC(NC(=O)C(CCSC)NC(=O)c1cccc([N+](=O)[O-])c1)C(=O)O. The highest BCUT2D eigenvalue weighted by atomic mass is 32.2. The number of carboxylic acids is 1. The molecule has 0 heterocycles. The van der Waals surface area contributed by atoms with Crippen LogP contribution in [0.2, 0.25) is 0 Å². The van der Waals surface area contributed by atoms with Crippen LogP contribution in [0.4, 0.5) is 5.69 Å². The first-order chi connectivity index (χ1) is 12.3. The molecule has 0 aliphatic carbocycles. The number of carbonyl (C=O) groups excluding carboxylic acids is 2. The molecule has 142 valence electrons. The van der Waals surface area contributed by atoms with Gasteiger partial charge in [-0.2, -0.15) is 11.8 Å². The number of carboxylic acid groups (broad SMARTS) is 1. The molecule has 26 heavy (non-hydrogen) atoms. The zero-order valence-corrected chi connectivity index (χ0v) is 15.2. The summed E-state index contributed by atoms with van der Waals surface area (Å²) < 4.78 is 0. The molecule has 0 aliphatic rings. The van der Waals surface area contributed by atoms with Crippen LogP contribution in [0.3, 0.4) is 0 Å². The van der Waals surface area contributed by atoms with E-state index in [1.54, 1.807) is 6.92 Å². The monoisotopic (exact) mass is 383 g/mol. The molecule has 0 spiro atoms. The van der Waals surface area contributed by atoms with E-state index in [2.05, 4.69) is 10.6 Å². The summed E-state index contributed by atoms with van der Waals surface area (Å²) in [6, 6.07) is 3.16. The molecule has 2 atom stereocenters. The number of thioether (sulfide) groups is 1.